The summed E-state index contributed by atoms with van der Waals surface area (Å²) in [5.41, 5.74) is 1.11. The minimum absolute atomic E-state index is 0.0442. The fourth-order valence-electron chi connectivity index (χ4n) is 6.70. The van der Waals surface area contributed by atoms with Crippen LogP contribution in [0.3, 0.4) is 0 Å². The zero-order valence-corrected chi connectivity index (χ0v) is 17.1. The summed E-state index contributed by atoms with van der Waals surface area (Å²) in [6.45, 7) is 9.93. The van der Waals surface area contributed by atoms with E-state index < -0.39 is 11.6 Å². The number of carbonyl (C=O) groups excluding carboxylic acids is 3. The van der Waals surface area contributed by atoms with Crippen molar-refractivity contribution in [2.45, 2.75) is 65.5 Å². The number of Topliss-reactive ketones (excluding diaryl/α,β-unsaturated/α-hetero) is 2. The maximum absolute atomic E-state index is 14.3. The summed E-state index contributed by atoms with van der Waals surface area (Å²) in [6, 6.07) is 0. The minimum atomic E-state index is -1.34. The number of alkyl halides is 1. The van der Waals surface area contributed by atoms with Gasteiger partial charge in [-0.15, -0.1) is 0 Å². The van der Waals surface area contributed by atoms with Crippen molar-refractivity contribution in [1.82, 2.24) is 0 Å². The average Bonchev–Trinajstić information content (AvgIpc) is 2.82. The number of fused-ring (bicyclic) bond motifs is 5. The van der Waals surface area contributed by atoms with Crippen LogP contribution in [0.15, 0.2) is 22.6 Å². The van der Waals surface area contributed by atoms with Gasteiger partial charge in [-0.2, -0.15) is 0 Å². The molecule has 5 heteroatoms. The second kappa shape index (κ2) is 6.13. The summed E-state index contributed by atoms with van der Waals surface area (Å²) < 4.78 is 14.3. The third-order valence-corrected chi connectivity index (χ3v) is 8.88. The summed E-state index contributed by atoms with van der Waals surface area (Å²) >= 11 is 1.05. The zero-order valence-electron chi connectivity index (χ0n) is 16.3. The van der Waals surface area contributed by atoms with Crippen molar-refractivity contribution in [2.24, 2.45) is 28.6 Å². The Morgan fingerprint density at radius 1 is 1.19 bits per heavy atom. The summed E-state index contributed by atoms with van der Waals surface area (Å²) in [7, 11) is 0. The van der Waals surface area contributed by atoms with Crippen LogP contribution in [0.4, 0.5) is 4.39 Å². The molecular weight excluding hydrogens is 363 g/mol. The van der Waals surface area contributed by atoms with Crippen LogP contribution in [0.25, 0.3) is 0 Å². The zero-order chi connectivity index (χ0) is 19.7. The molecule has 4 aliphatic rings. The molecule has 4 rings (SSSR count). The van der Waals surface area contributed by atoms with E-state index in [9.17, 15) is 18.8 Å². The van der Waals surface area contributed by atoms with Gasteiger partial charge in [0.15, 0.2) is 22.9 Å². The molecule has 3 fully saturated rings. The van der Waals surface area contributed by atoms with E-state index in [-0.39, 0.29) is 33.9 Å². The van der Waals surface area contributed by atoms with Gasteiger partial charge < -0.3 is 0 Å². The van der Waals surface area contributed by atoms with Gasteiger partial charge in [-0.25, -0.2) is 4.39 Å². The molecule has 0 aromatic rings. The predicted molar refractivity (Wildman–Crippen MR) is 104 cm³/mol. The molecule has 0 amide bonds. The van der Waals surface area contributed by atoms with Gasteiger partial charge in [-0.1, -0.05) is 20.4 Å². The van der Waals surface area contributed by atoms with Crippen molar-refractivity contribution in [3.05, 3.63) is 22.6 Å². The number of halogens is 1. The van der Waals surface area contributed by atoms with Gasteiger partial charge in [0.1, 0.15) is 0 Å². The molecule has 3 nitrogen and oxygen atoms in total. The average molecular weight is 391 g/mol. The minimum Gasteiger partial charge on any atom is -0.296 e. The van der Waals surface area contributed by atoms with E-state index in [1.54, 1.807) is 0 Å². The Balaban J connectivity index is 1.79. The van der Waals surface area contributed by atoms with Gasteiger partial charge in [0.25, 0.3) is 0 Å². The van der Waals surface area contributed by atoms with Crippen molar-refractivity contribution in [3.63, 3.8) is 0 Å². The molecule has 27 heavy (non-hydrogen) atoms. The third-order valence-electron chi connectivity index (χ3n) is 7.96. The normalized spacial score (nSPS) is 44.1. The van der Waals surface area contributed by atoms with Gasteiger partial charge in [0.2, 0.25) is 0 Å². The summed E-state index contributed by atoms with van der Waals surface area (Å²) in [5.74, 6) is 0.421. The van der Waals surface area contributed by atoms with Crippen molar-refractivity contribution in [2.75, 3.05) is 0 Å². The lowest BCUT2D eigenvalue weighted by Crippen LogP contribution is -2.51. The third kappa shape index (κ3) is 2.56. The van der Waals surface area contributed by atoms with Gasteiger partial charge in [0.05, 0.1) is 4.91 Å². The topological polar surface area (TPSA) is 51.2 Å². The molecule has 0 N–H and O–H groups in total. The lowest BCUT2D eigenvalue weighted by Gasteiger charge is -2.57. The number of hydrogen-bond donors (Lipinski definition) is 0. The quantitative estimate of drug-likeness (QED) is 0.645. The van der Waals surface area contributed by atoms with Crippen LogP contribution < -0.4 is 0 Å². The Hall–Kier alpha value is -1.23. The first-order valence-corrected chi connectivity index (χ1v) is 10.7. The number of hydrogen-bond acceptors (Lipinski definition) is 4. The summed E-state index contributed by atoms with van der Waals surface area (Å²) in [6.07, 6.45) is 2.47. The van der Waals surface area contributed by atoms with Crippen LogP contribution in [0.1, 0.15) is 59.3 Å². The van der Waals surface area contributed by atoms with Gasteiger partial charge in [-0.05, 0) is 78.2 Å². The first kappa shape index (κ1) is 19.1. The number of carbonyl (C=O) groups is 3. The highest BCUT2D eigenvalue weighted by molar-refractivity contribution is 8.17. The van der Waals surface area contributed by atoms with E-state index in [1.807, 2.05) is 6.92 Å². The first-order chi connectivity index (χ1) is 12.6. The number of ketones is 2. The van der Waals surface area contributed by atoms with Crippen LogP contribution in [-0.2, 0) is 14.4 Å². The van der Waals surface area contributed by atoms with E-state index in [1.165, 1.54) is 6.92 Å². The van der Waals surface area contributed by atoms with Crippen molar-refractivity contribution >= 4 is 28.4 Å². The molecule has 6 atom stereocenters. The number of rotatable bonds is 1. The Kier molecular flexibility index (Phi) is 4.34. The predicted octanol–water partition coefficient (Wildman–Crippen LogP) is 4.81. The molecule has 146 valence electrons. The number of allylic oxidation sites excluding steroid dienone is 2. The van der Waals surface area contributed by atoms with Crippen LogP contribution in [-0.4, -0.2) is 22.9 Å². The molecule has 0 bridgehead atoms. The highest BCUT2D eigenvalue weighted by atomic mass is 32.2. The van der Waals surface area contributed by atoms with Gasteiger partial charge in [-0.3, -0.25) is 14.4 Å². The maximum Gasteiger partial charge on any atom is 0.190 e. The summed E-state index contributed by atoms with van der Waals surface area (Å²) in [5, 5.41) is -0.0806. The molecule has 0 radical (unpaired) electrons. The van der Waals surface area contributed by atoms with Gasteiger partial charge >= 0.3 is 0 Å². The lowest BCUT2D eigenvalue weighted by molar-refractivity contribution is -0.134. The summed E-state index contributed by atoms with van der Waals surface area (Å²) in [4.78, 5) is 37.4. The monoisotopic (exact) mass is 390 g/mol. The molecule has 0 spiro atoms. The molecule has 0 saturated heterocycles. The molecule has 0 aromatic carbocycles. The van der Waals surface area contributed by atoms with Crippen molar-refractivity contribution in [1.29, 1.82) is 0 Å². The Morgan fingerprint density at radius 2 is 1.89 bits per heavy atom. The Morgan fingerprint density at radius 3 is 2.56 bits per heavy atom. The fourth-order valence-corrected chi connectivity index (χ4v) is 7.68. The fraction of sp³-hybridized carbons (Fsp3) is 0.682. The van der Waals surface area contributed by atoms with Gasteiger partial charge in [0, 0.05) is 18.8 Å². The second-order valence-corrected chi connectivity index (χ2v) is 10.5. The standard InChI is InChI=1S/C22H27FO3S/c1-11-9-13-14(5-7-22(4)15(13)10-16(23)20(22)26)21(3)8-6-17(25)19(18(11)21)27-12(2)24/h13-16H,1,5-10H2,2-4H3/t13-,14+,15+,16+,21-,22+/m1/s1. The second-order valence-electron chi connectivity index (χ2n) is 9.35. The van der Waals surface area contributed by atoms with Crippen molar-refractivity contribution < 1.29 is 18.8 Å². The van der Waals surface area contributed by atoms with Crippen LogP contribution in [0.2, 0.25) is 0 Å². The van der Waals surface area contributed by atoms with E-state index >= 15 is 0 Å². The van der Waals surface area contributed by atoms with E-state index in [0.717, 1.165) is 42.2 Å². The largest absolute Gasteiger partial charge is 0.296 e. The first-order valence-electron chi connectivity index (χ1n) is 9.92. The molecule has 4 aliphatic carbocycles. The van der Waals surface area contributed by atoms with E-state index in [4.69, 9.17) is 0 Å². The molecule has 3 saturated carbocycles. The Labute approximate surface area is 164 Å². The van der Waals surface area contributed by atoms with E-state index in [0.29, 0.717) is 30.1 Å². The highest BCUT2D eigenvalue weighted by Crippen LogP contribution is 2.66. The van der Waals surface area contributed by atoms with E-state index in [2.05, 4.69) is 13.5 Å². The lowest BCUT2D eigenvalue weighted by atomic mass is 9.46. The van der Waals surface area contributed by atoms with Crippen molar-refractivity contribution in [3.8, 4) is 0 Å². The molecule has 0 unspecified atom stereocenters. The van der Waals surface area contributed by atoms with Crippen LogP contribution in [0, 0.1) is 28.6 Å². The molecular formula is C22H27FO3S. The molecule has 0 aliphatic heterocycles. The molecule has 0 aromatic heterocycles. The van der Waals surface area contributed by atoms with Crippen LogP contribution >= 0.6 is 11.8 Å². The van der Waals surface area contributed by atoms with Crippen LogP contribution in [0.5, 0.6) is 0 Å². The maximum atomic E-state index is 14.3. The smallest absolute Gasteiger partial charge is 0.190 e. The Bertz CT molecular complexity index is 799. The molecule has 0 heterocycles. The SMILES string of the molecule is C=C1C[C@@H]2[C@H](CC[C@]3(C)C(=O)[C@@H](F)C[C@@H]23)[C@@]2(C)CCC(=O)C(SC(C)=O)=C12. The highest BCUT2D eigenvalue weighted by Gasteiger charge is 2.62. The number of thioether (sulfide) groups is 1.